The lowest BCUT2D eigenvalue weighted by Gasteiger charge is -2.20. The molecule has 0 amide bonds. The number of hydrogen-bond acceptors (Lipinski definition) is 3. The molecule has 0 N–H and O–H groups in total. The van der Waals surface area contributed by atoms with E-state index in [4.69, 9.17) is 13.9 Å². The monoisotopic (exact) mass is 268 g/mol. The Bertz CT molecular complexity index is 416. The van der Waals surface area contributed by atoms with Crippen LogP contribution in [0.2, 0.25) is 0 Å². The Kier molecular flexibility index (Phi) is 5.66. The normalized spacial score (nSPS) is 10.3. The fourth-order valence-corrected chi connectivity index (χ4v) is 4.25. The zero-order valence-corrected chi connectivity index (χ0v) is 13.3. The Hall–Kier alpha value is -1.03. The molecule has 1 aromatic rings. The average Bonchev–Trinajstić information content (AvgIpc) is 2.39. The molecule has 1 aromatic heterocycles. The van der Waals surface area contributed by atoms with Gasteiger partial charge in [0.25, 0.3) is 0 Å². The van der Waals surface area contributed by atoms with E-state index in [1.165, 1.54) is 29.1 Å². The second-order valence-corrected chi connectivity index (χ2v) is 6.70. The molecule has 4 heteroatoms. The Morgan fingerprint density at radius 2 is 1.72 bits per heavy atom. The van der Waals surface area contributed by atoms with E-state index >= 15 is 0 Å². The lowest BCUT2D eigenvalue weighted by atomic mass is 10.0. The molecule has 0 aromatic carbocycles. The van der Waals surface area contributed by atoms with Gasteiger partial charge in [0.15, 0.2) is 11.1 Å². The first-order valence-corrected chi connectivity index (χ1v) is 7.81. The van der Waals surface area contributed by atoms with Crippen LogP contribution in [0.4, 0.5) is 0 Å². The summed E-state index contributed by atoms with van der Waals surface area (Å²) in [4.78, 5) is 0. The van der Waals surface area contributed by atoms with Crippen molar-refractivity contribution in [3.05, 3.63) is 16.3 Å². The van der Waals surface area contributed by atoms with Crippen LogP contribution in [-0.4, -0.2) is 30.0 Å². The summed E-state index contributed by atoms with van der Waals surface area (Å²) < 4.78 is 16.8. The molecule has 0 radical (unpaired) electrons. The van der Waals surface area contributed by atoms with Crippen LogP contribution in [-0.2, 0) is 6.42 Å². The molecule has 18 heavy (non-hydrogen) atoms. The van der Waals surface area contributed by atoms with Crippen LogP contribution in [0.1, 0.15) is 36.1 Å². The third-order valence-electron chi connectivity index (χ3n) is 3.44. The van der Waals surface area contributed by atoms with Gasteiger partial charge in [-0.15, -0.1) is 0 Å². The maximum absolute atomic E-state index is 5.63. The maximum Gasteiger partial charge on any atom is 0.315 e. The molecule has 0 bridgehead atoms. The summed E-state index contributed by atoms with van der Waals surface area (Å²) in [6, 6.07) is 0. The molecular formula is C14H24O3Si. The SMILES string of the molecule is CCCCc1c(C)c(C)[si](OC)c(OC)c1OC. The van der Waals surface area contributed by atoms with Crippen molar-refractivity contribution < 1.29 is 13.9 Å². The van der Waals surface area contributed by atoms with Crippen molar-refractivity contribution in [2.75, 3.05) is 21.3 Å². The average molecular weight is 268 g/mol. The molecule has 102 valence electrons. The first kappa shape index (κ1) is 15.0. The molecule has 0 aliphatic heterocycles. The quantitative estimate of drug-likeness (QED) is 0.743. The highest BCUT2D eigenvalue weighted by Crippen LogP contribution is 2.35. The van der Waals surface area contributed by atoms with Gasteiger partial charge in [-0.3, -0.25) is 0 Å². The van der Waals surface area contributed by atoms with Crippen LogP contribution >= 0.6 is 0 Å². The predicted octanol–water partition coefficient (Wildman–Crippen LogP) is 2.75. The van der Waals surface area contributed by atoms with Gasteiger partial charge in [-0.25, -0.2) is 0 Å². The van der Waals surface area contributed by atoms with E-state index < -0.39 is 8.64 Å². The minimum atomic E-state index is -1.23. The molecule has 1 heterocycles. The summed E-state index contributed by atoms with van der Waals surface area (Å²) >= 11 is 0. The summed E-state index contributed by atoms with van der Waals surface area (Å²) in [6.07, 6.45) is 3.38. The molecule has 0 unspecified atom stereocenters. The molecule has 0 atom stereocenters. The third-order valence-corrected chi connectivity index (χ3v) is 5.74. The van der Waals surface area contributed by atoms with Gasteiger partial charge in [0.1, 0.15) is 0 Å². The van der Waals surface area contributed by atoms with Gasteiger partial charge < -0.3 is 13.9 Å². The fourth-order valence-electron chi connectivity index (χ4n) is 2.28. The van der Waals surface area contributed by atoms with Crippen molar-refractivity contribution in [3.63, 3.8) is 0 Å². The van der Waals surface area contributed by atoms with E-state index in [9.17, 15) is 0 Å². The minimum absolute atomic E-state index is 0.888. The number of unbranched alkanes of at least 4 members (excludes halogenated alkanes) is 1. The van der Waals surface area contributed by atoms with Crippen LogP contribution in [0.5, 0.6) is 11.1 Å². The second-order valence-electron chi connectivity index (χ2n) is 4.43. The fraction of sp³-hybridized carbons (Fsp3) is 0.643. The highest BCUT2D eigenvalue weighted by molar-refractivity contribution is 6.53. The van der Waals surface area contributed by atoms with Crippen LogP contribution in [0.3, 0.4) is 0 Å². The van der Waals surface area contributed by atoms with Crippen molar-refractivity contribution in [3.8, 4) is 11.1 Å². The van der Waals surface area contributed by atoms with Gasteiger partial charge in [-0.1, -0.05) is 13.3 Å². The predicted molar refractivity (Wildman–Crippen MR) is 76.1 cm³/mol. The Labute approximate surface area is 112 Å². The first-order chi connectivity index (χ1) is 8.62. The molecule has 1 rings (SSSR count). The topological polar surface area (TPSA) is 27.7 Å². The molecule has 0 spiro atoms. The standard InChI is InChI=1S/C14H24O3Si/c1-7-8-9-12-10(2)11(3)18(17-6)14(16-5)13(12)15-4/h7-9H2,1-6H3. The van der Waals surface area contributed by atoms with Crippen LogP contribution < -0.4 is 13.9 Å². The number of hydrogen-bond donors (Lipinski definition) is 0. The van der Waals surface area contributed by atoms with E-state index in [1.54, 1.807) is 21.3 Å². The smallest absolute Gasteiger partial charge is 0.315 e. The van der Waals surface area contributed by atoms with Crippen LogP contribution in [0.25, 0.3) is 0 Å². The van der Waals surface area contributed by atoms with Crippen molar-refractivity contribution in [1.29, 1.82) is 0 Å². The molecule has 3 nitrogen and oxygen atoms in total. The second kappa shape index (κ2) is 6.78. The third kappa shape index (κ3) is 2.69. The van der Waals surface area contributed by atoms with Crippen LogP contribution in [0.15, 0.2) is 0 Å². The number of methoxy groups -OCH3 is 2. The Morgan fingerprint density at radius 1 is 1.06 bits per heavy atom. The molecule has 0 saturated heterocycles. The van der Waals surface area contributed by atoms with E-state index in [-0.39, 0.29) is 0 Å². The molecular weight excluding hydrogens is 244 g/mol. The van der Waals surface area contributed by atoms with Crippen molar-refractivity contribution in [2.24, 2.45) is 0 Å². The lowest BCUT2D eigenvalue weighted by molar-refractivity contribution is 0.350. The summed E-state index contributed by atoms with van der Waals surface area (Å²) in [5.41, 5.74) is 2.59. The lowest BCUT2D eigenvalue weighted by Crippen LogP contribution is -2.19. The highest BCUT2D eigenvalue weighted by Gasteiger charge is 2.22. The van der Waals surface area contributed by atoms with Crippen molar-refractivity contribution >= 4 is 8.64 Å². The maximum atomic E-state index is 5.63. The van der Waals surface area contributed by atoms with E-state index in [2.05, 4.69) is 20.8 Å². The van der Waals surface area contributed by atoms with Gasteiger partial charge in [-0.05, 0) is 37.4 Å². The zero-order valence-electron chi connectivity index (χ0n) is 12.3. The van der Waals surface area contributed by atoms with Gasteiger partial charge in [0.05, 0.1) is 21.3 Å². The molecule has 0 aliphatic carbocycles. The highest BCUT2D eigenvalue weighted by atomic mass is 28.3. The van der Waals surface area contributed by atoms with E-state index in [0.717, 1.165) is 17.5 Å². The summed E-state index contributed by atoms with van der Waals surface area (Å²) in [5, 5.41) is 2.20. The zero-order chi connectivity index (χ0) is 13.7. The van der Waals surface area contributed by atoms with Crippen LogP contribution in [0, 0.1) is 13.8 Å². The summed E-state index contributed by atoms with van der Waals surface area (Å²) in [5.74, 6) is 0.893. The Balaban J connectivity index is 3.45. The van der Waals surface area contributed by atoms with Crippen molar-refractivity contribution in [1.82, 2.24) is 0 Å². The van der Waals surface area contributed by atoms with Crippen molar-refractivity contribution in [2.45, 2.75) is 40.0 Å². The summed E-state index contributed by atoms with van der Waals surface area (Å²) in [6.45, 7) is 6.51. The van der Waals surface area contributed by atoms with Gasteiger partial charge in [0, 0.05) is 5.56 Å². The Morgan fingerprint density at radius 3 is 2.17 bits per heavy atom. The number of ether oxygens (including phenoxy) is 2. The van der Waals surface area contributed by atoms with E-state index in [0.29, 0.717) is 0 Å². The van der Waals surface area contributed by atoms with Gasteiger partial charge >= 0.3 is 8.64 Å². The first-order valence-electron chi connectivity index (χ1n) is 6.40. The largest absolute Gasteiger partial charge is 0.548 e. The molecule has 0 fully saturated rings. The summed E-state index contributed by atoms with van der Waals surface area (Å²) in [7, 11) is 3.92. The van der Waals surface area contributed by atoms with E-state index in [1.807, 2.05) is 0 Å². The number of rotatable bonds is 6. The van der Waals surface area contributed by atoms with Gasteiger partial charge in [-0.2, -0.15) is 0 Å². The molecule has 0 saturated carbocycles. The minimum Gasteiger partial charge on any atom is -0.548 e. The van der Waals surface area contributed by atoms with Gasteiger partial charge in [0.2, 0.25) is 0 Å². The molecule has 0 aliphatic rings.